The van der Waals surface area contributed by atoms with E-state index in [0.717, 1.165) is 0 Å². The van der Waals surface area contributed by atoms with E-state index >= 15 is 0 Å². The van der Waals surface area contributed by atoms with Crippen LogP contribution < -0.4 is 0 Å². The molecule has 1 aliphatic rings. The van der Waals surface area contributed by atoms with Crippen LogP contribution in [0.4, 0.5) is 4.39 Å². The Morgan fingerprint density at radius 3 is 2.30 bits per heavy atom. The van der Waals surface area contributed by atoms with Crippen molar-refractivity contribution in [3.05, 3.63) is 0 Å². The lowest BCUT2D eigenvalue weighted by Crippen LogP contribution is -2.21. The molecular formula is C7H13FO2. The highest BCUT2D eigenvalue weighted by molar-refractivity contribution is 4.85. The van der Waals surface area contributed by atoms with Crippen molar-refractivity contribution in [3.63, 3.8) is 0 Å². The van der Waals surface area contributed by atoms with E-state index in [2.05, 4.69) is 0 Å². The summed E-state index contributed by atoms with van der Waals surface area (Å²) in [4.78, 5) is 0. The molecule has 0 unspecified atom stereocenters. The van der Waals surface area contributed by atoms with Gasteiger partial charge in [0.15, 0.2) is 0 Å². The summed E-state index contributed by atoms with van der Waals surface area (Å²) in [5, 5.41) is 8.68. The van der Waals surface area contributed by atoms with E-state index in [9.17, 15) is 4.39 Å². The zero-order valence-corrected chi connectivity index (χ0v) is 6.25. The van der Waals surface area contributed by atoms with E-state index in [1.165, 1.54) is 0 Å². The normalized spacial score (nSPS) is 48.0. The minimum atomic E-state index is -0.919. The molecule has 0 aromatic carbocycles. The molecule has 1 fully saturated rings. The molecule has 0 aliphatic carbocycles. The topological polar surface area (TPSA) is 29.5 Å². The maximum atomic E-state index is 12.9. The number of rotatable bonds is 1. The second-order valence-electron chi connectivity index (χ2n) is 2.87. The van der Waals surface area contributed by atoms with E-state index < -0.39 is 6.17 Å². The van der Waals surface area contributed by atoms with Crippen LogP contribution in [0.1, 0.15) is 13.8 Å². The van der Waals surface area contributed by atoms with Crippen molar-refractivity contribution in [2.75, 3.05) is 6.61 Å². The van der Waals surface area contributed by atoms with Crippen molar-refractivity contribution in [1.82, 2.24) is 0 Å². The number of ether oxygens (including phenoxy) is 1. The van der Waals surface area contributed by atoms with Gasteiger partial charge in [0.2, 0.25) is 0 Å². The first-order chi connectivity index (χ1) is 4.66. The van der Waals surface area contributed by atoms with E-state index in [1.54, 1.807) is 13.8 Å². The molecule has 1 N–H and O–H groups in total. The summed E-state index contributed by atoms with van der Waals surface area (Å²) in [6.45, 7) is 3.37. The summed E-state index contributed by atoms with van der Waals surface area (Å²) >= 11 is 0. The smallest absolute Gasteiger partial charge is 0.131 e. The van der Waals surface area contributed by atoms with Crippen LogP contribution in [0.3, 0.4) is 0 Å². The Kier molecular flexibility index (Phi) is 2.26. The van der Waals surface area contributed by atoms with E-state index in [0.29, 0.717) is 0 Å². The van der Waals surface area contributed by atoms with E-state index in [1.807, 2.05) is 0 Å². The summed E-state index contributed by atoms with van der Waals surface area (Å²) in [5.41, 5.74) is 0. The highest BCUT2D eigenvalue weighted by Gasteiger charge is 2.38. The Balaban J connectivity index is 2.53. The van der Waals surface area contributed by atoms with Crippen LogP contribution in [-0.4, -0.2) is 30.1 Å². The van der Waals surface area contributed by atoms with Gasteiger partial charge in [-0.25, -0.2) is 4.39 Å². The van der Waals surface area contributed by atoms with Gasteiger partial charge in [0.05, 0.1) is 18.8 Å². The van der Waals surface area contributed by atoms with Crippen LogP contribution in [0.2, 0.25) is 0 Å². The number of hydrogen-bond donors (Lipinski definition) is 1. The first-order valence-corrected chi connectivity index (χ1v) is 3.57. The zero-order valence-electron chi connectivity index (χ0n) is 6.25. The number of alkyl halides is 1. The van der Waals surface area contributed by atoms with Crippen LogP contribution >= 0.6 is 0 Å². The minimum absolute atomic E-state index is 0.0775. The van der Waals surface area contributed by atoms with Crippen molar-refractivity contribution in [2.24, 2.45) is 5.92 Å². The molecule has 0 bridgehead atoms. The standard InChI is InChI=1S/C7H13FO2/c1-4-6(3-9)10-5(2)7(4)8/h4-7,9H,3H2,1-2H3/t4-,5+,6-,7-/m1/s1. The molecule has 4 atom stereocenters. The second kappa shape index (κ2) is 2.84. The van der Waals surface area contributed by atoms with Gasteiger partial charge in [-0.15, -0.1) is 0 Å². The van der Waals surface area contributed by atoms with Crippen LogP contribution in [0.5, 0.6) is 0 Å². The molecule has 1 rings (SSSR count). The van der Waals surface area contributed by atoms with Gasteiger partial charge in [-0.3, -0.25) is 0 Å². The maximum Gasteiger partial charge on any atom is 0.131 e. The predicted octanol–water partition coefficient (Wildman–Crippen LogP) is 0.740. The van der Waals surface area contributed by atoms with Crippen molar-refractivity contribution < 1.29 is 14.2 Å². The molecule has 0 radical (unpaired) electrons. The van der Waals surface area contributed by atoms with E-state index in [-0.39, 0.29) is 24.7 Å². The summed E-state index contributed by atoms with van der Waals surface area (Å²) in [5.74, 6) is -0.167. The van der Waals surface area contributed by atoms with Gasteiger partial charge in [0.25, 0.3) is 0 Å². The third-order valence-electron chi connectivity index (χ3n) is 2.11. The van der Waals surface area contributed by atoms with Gasteiger partial charge in [0, 0.05) is 5.92 Å². The lowest BCUT2D eigenvalue weighted by Gasteiger charge is -2.09. The Hall–Kier alpha value is -0.150. The molecule has 0 amide bonds. The number of aliphatic hydroxyl groups excluding tert-OH is 1. The molecule has 60 valence electrons. The van der Waals surface area contributed by atoms with Crippen molar-refractivity contribution in [3.8, 4) is 0 Å². The highest BCUT2D eigenvalue weighted by Crippen LogP contribution is 2.28. The quantitative estimate of drug-likeness (QED) is 0.594. The molecule has 0 spiro atoms. The Morgan fingerprint density at radius 1 is 1.50 bits per heavy atom. The molecule has 10 heavy (non-hydrogen) atoms. The summed E-state index contributed by atoms with van der Waals surface area (Å²) in [6, 6.07) is 0. The maximum absolute atomic E-state index is 12.9. The lowest BCUT2D eigenvalue weighted by atomic mass is 10.0. The Labute approximate surface area is 60.0 Å². The molecule has 1 saturated heterocycles. The SMILES string of the molecule is C[C@H]1[C@@H](F)[C@H](C)O[C@@H]1CO. The molecule has 1 heterocycles. The first-order valence-electron chi connectivity index (χ1n) is 3.57. The van der Waals surface area contributed by atoms with Gasteiger partial charge in [-0.2, -0.15) is 0 Å². The average Bonchev–Trinajstić information content (AvgIpc) is 2.17. The van der Waals surface area contributed by atoms with Crippen molar-refractivity contribution in [1.29, 1.82) is 0 Å². The van der Waals surface area contributed by atoms with Gasteiger partial charge in [0.1, 0.15) is 6.17 Å². The monoisotopic (exact) mass is 148 g/mol. The minimum Gasteiger partial charge on any atom is -0.394 e. The van der Waals surface area contributed by atoms with Crippen molar-refractivity contribution in [2.45, 2.75) is 32.2 Å². The third-order valence-corrected chi connectivity index (χ3v) is 2.11. The molecule has 0 aromatic heterocycles. The van der Waals surface area contributed by atoms with Gasteiger partial charge >= 0.3 is 0 Å². The van der Waals surface area contributed by atoms with Crippen LogP contribution in [0, 0.1) is 5.92 Å². The molecule has 0 aromatic rings. The molecule has 1 aliphatic heterocycles. The fourth-order valence-electron chi connectivity index (χ4n) is 1.32. The third kappa shape index (κ3) is 1.16. The molecule has 0 saturated carbocycles. The Morgan fingerprint density at radius 2 is 2.10 bits per heavy atom. The first kappa shape index (κ1) is 7.95. The second-order valence-corrected chi connectivity index (χ2v) is 2.87. The summed E-state index contributed by atoms with van der Waals surface area (Å²) in [6.07, 6.45) is -1.57. The average molecular weight is 148 g/mol. The largest absolute Gasteiger partial charge is 0.394 e. The summed E-state index contributed by atoms with van der Waals surface area (Å²) in [7, 11) is 0. The van der Waals surface area contributed by atoms with E-state index in [4.69, 9.17) is 9.84 Å². The number of halogens is 1. The van der Waals surface area contributed by atoms with Crippen LogP contribution in [0.25, 0.3) is 0 Å². The fourth-order valence-corrected chi connectivity index (χ4v) is 1.32. The number of hydrogen-bond acceptors (Lipinski definition) is 2. The van der Waals surface area contributed by atoms with Gasteiger partial charge in [-0.1, -0.05) is 6.92 Å². The molecular weight excluding hydrogens is 135 g/mol. The number of aliphatic hydroxyl groups is 1. The summed E-state index contributed by atoms with van der Waals surface area (Å²) < 4.78 is 18.0. The van der Waals surface area contributed by atoms with Crippen LogP contribution in [-0.2, 0) is 4.74 Å². The zero-order chi connectivity index (χ0) is 7.72. The fraction of sp³-hybridized carbons (Fsp3) is 1.00. The molecule has 2 nitrogen and oxygen atoms in total. The Bertz CT molecular complexity index is 118. The van der Waals surface area contributed by atoms with Gasteiger partial charge < -0.3 is 9.84 Å². The predicted molar refractivity (Wildman–Crippen MR) is 35.5 cm³/mol. The lowest BCUT2D eigenvalue weighted by molar-refractivity contribution is 0.00461. The molecule has 3 heteroatoms. The van der Waals surface area contributed by atoms with Crippen molar-refractivity contribution >= 4 is 0 Å². The van der Waals surface area contributed by atoms with Crippen LogP contribution in [0.15, 0.2) is 0 Å². The highest BCUT2D eigenvalue weighted by atomic mass is 19.1. The van der Waals surface area contributed by atoms with Gasteiger partial charge in [-0.05, 0) is 6.92 Å².